The Labute approximate surface area is 132 Å². The van der Waals surface area contributed by atoms with E-state index in [1.54, 1.807) is 4.31 Å². The first-order chi connectivity index (χ1) is 9.54. The molecule has 0 radical (unpaired) electrons. The maximum absolute atomic E-state index is 11.5. The summed E-state index contributed by atoms with van der Waals surface area (Å²) in [5.41, 5.74) is 4.02. The highest BCUT2D eigenvalue weighted by atomic mass is 35.5. The molecule has 3 rings (SSSR count). The fourth-order valence-corrected chi connectivity index (χ4v) is 3.83. The molecule has 21 heavy (non-hydrogen) atoms. The lowest BCUT2D eigenvalue weighted by atomic mass is 10.1. The minimum atomic E-state index is -3.04. The predicted octanol–water partition coefficient (Wildman–Crippen LogP) is 1.15. The van der Waals surface area contributed by atoms with E-state index in [0.717, 1.165) is 32.6 Å². The van der Waals surface area contributed by atoms with Gasteiger partial charge < -0.3 is 5.32 Å². The second-order valence-electron chi connectivity index (χ2n) is 5.57. The van der Waals surface area contributed by atoms with Crippen LogP contribution in [0.2, 0.25) is 0 Å². The molecule has 1 aromatic carbocycles. The monoisotopic (exact) mass is 331 g/mol. The van der Waals surface area contributed by atoms with Crippen molar-refractivity contribution in [2.75, 3.05) is 44.3 Å². The molecule has 0 aromatic heterocycles. The highest BCUT2D eigenvalue weighted by Gasteiger charge is 2.24. The second-order valence-corrected chi connectivity index (χ2v) is 7.55. The highest BCUT2D eigenvalue weighted by Crippen LogP contribution is 2.27. The van der Waals surface area contributed by atoms with E-state index in [2.05, 4.69) is 28.4 Å². The van der Waals surface area contributed by atoms with E-state index in [9.17, 15) is 8.42 Å². The molecule has 0 saturated carbocycles. The van der Waals surface area contributed by atoms with Crippen LogP contribution in [0.5, 0.6) is 0 Å². The zero-order chi connectivity index (χ0) is 14.2. The summed E-state index contributed by atoms with van der Waals surface area (Å²) in [5.74, 6) is 0. The first-order valence-corrected chi connectivity index (χ1v) is 8.91. The van der Waals surface area contributed by atoms with Gasteiger partial charge in [-0.2, -0.15) is 4.31 Å². The maximum atomic E-state index is 11.5. The van der Waals surface area contributed by atoms with E-state index >= 15 is 0 Å². The van der Waals surface area contributed by atoms with Crippen molar-refractivity contribution in [3.63, 3.8) is 0 Å². The van der Waals surface area contributed by atoms with Crippen molar-refractivity contribution in [3.05, 3.63) is 29.3 Å². The number of anilines is 1. The van der Waals surface area contributed by atoms with Gasteiger partial charge in [-0.05, 0) is 17.5 Å². The molecule has 5 nitrogen and oxygen atoms in total. The Morgan fingerprint density at radius 1 is 1.19 bits per heavy atom. The van der Waals surface area contributed by atoms with Gasteiger partial charge >= 0.3 is 0 Å². The number of nitrogens with zero attached hydrogens (tertiary/aromatic N) is 2. The Hall–Kier alpha value is -0.820. The molecular weight excluding hydrogens is 310 g/mol. The molecule has 2 aliphatic rings. The van der Waals surface area contributed by atoms with Crippen molar-refractivity contribution in [3.8, 4) is 0 Å². The summed E-state index contributed by atoms with van der Waals surface area (Å²) >= 11 is 0. The van der Waals surface area contributed by atoms with Crippen molar-refractivity contribution in [1.29, 1.82) is 0 Å². The van der Waals surface area contributed by atoms with Gasteiger partial charge in [-0.3, -0.25) is 4.90 Å². The number of hydrogen-bond acceptors (Lipinski definition) is 4. The Morgan fingerprint density at radius 3 is 2.57 bits per heavy atom. The van der Waals surface area contributed by atoms with Gasteiger partial charge in [0.15, 0.2) is 0 Å². The van der Waals surface area contributed by atoms with Gasteiger partial charge in [-0.25, -0.2) is 8.42 Å². The summed E-state index contributed by atoms with van der Waals surface area (Å²) in [7, 11) is -3.04. The minimum Gasteiger partial charge on any atom is -0.384 e. The van der Waals surface area contributed by atoms with Gasteiger partial charge in [0.2, 0.25) is 10.0 Å². The highest BCUT2D eigenvalue weighted by molar-refractivity contribution is 7.88. The van der Waals surface area contributed by atoms with E-state index in [-0.39, 0.29) is 12.4 Å². The Kier molecular flexibility index (Phi) is 5.14. The fraction of sp³-hybridized carbons (Fsp3) is 0.571. The van der Waals surface area contributed by atoms with Gasteiger partial charge in [-0.15, -0.1) is 12.4 Å². The summed E-state index contributed by atoms with van der Waals surface area (Å²) in [6, 6.07) is 6.47. The number of nitrogens with one attached hydrogen (secondary N) is 1. The van der Waals surface area contributed by atoms with Crippen LogP contribution in [0.25, 0.3) is 0 Å². The van der Waals surface area contributed by atoms with Crippen molar-refractivity contribution >= 4 is 28.1 Å². The van der Waals surface area contributed by atoms with Gasteiger partial charge in [0.1, 0.15) is 0 Å². The number of fused-ring (bicyclic) bond motifs is 1. The molecular formula is C14H22ClN3O2S. The molecule has 0 spiro atoms. The molecule has 2 aliphatic heterocycles. The molecule has 0 amide bonds. The third-order valence-electron chi connectivity index (χ3n) is 4.13. The van der Waals surface area contributed by atoms with Crippen LogP contribution in [0.1, 0.15) is 11.1 Å². The Bertz CT molecular complexity index is 598. The summed E-state index contributed by atoms with van der Waals surface area (Å²) in [6.07, 6.45) is 2.39. The van der Waals surface area contributed by atoms with Crippen LogP contribution in [0.15, 0.2) is 18.2 Å². The van der Waals surface area contributed by atoms with E-state index < -0.39 is 10.0 Å². The SMILES string of the molecule is CS(=O)(=O)N1CCN(Cc2cccc3c2NCC3)CC1.Cl. The Morgan fingerprint density at radius 2 is 1.90 bits per heavy atom. The third-order valence-corrected chi connectivity index (χ3v) is 5.43. The first kappa shape index (κ1) is 16.5. The number of rotatable bonds is 3. The van der Waals surface area contributed by atoms with Crippen LogP contribution >= 0.6 is 12.4 Å². The molecule has 0 unspecified atom stereocenters. The minimum absolute atomic E-state index is 0. The number of halogens is 1. The van der Waals surface area contributed by atoms with Crippen LogP contribution < -0.4 is 5.32 Å². The normalized spacial score (nSPS) is 19.7. The zero-order valence-corrected chi connectivity index (χ0v) is 13.8. The number of sulfonamides is 1. The standard InChI is InChI=1S/C14H21N3O2S.ClH/c1-20(18,19)17-9-7-16(8-10-17)11-13-4-2-3-12-5-6-15-14(12)13;/h2-4,15H,5-11H2,1H3;1H. The molecule has 1 saturated heterocycles. The van der Waals surface area contributed by atoms with Crippen LogP contribution in [0.3, 0.4) is 0 Å². The molecule has 2 heterocycles. The number of hydrogen-bond donors (Lipinski definition) is 1. The maximum Gasteiger partial charge on any atom is 0.211 e. The van der Waals surface area contributed by atoms with Gasteiger partial charge in [0.05, 0.1) is 6.26 Å². The smallest absolute Gasteiger partial charge is 0.211 e. The first-order valence-electron chi connectivity index (χ1n) is 7.06. The largest absolute Gasteiger partial charge is 0.384 e. The van der Waals surface area contributed by atoms with Crippen LogP contribution in [-0.4, -0.2) is 56.6 Å². The molecule has 0 atom stereocenters. The van der Waals surface area contributed by atoms with Crippen LogP contribution in [-0.2, 0) is 23.0 Å². The van der Waals surface area contributed by atoms with Crippen molar-refractivity contribution in [1.82, 2.24) is 9.21 Å². The summed E-state index contributed by atoms with van der Waals surface area (Å²) in [6.45, 7) is 4.72. The quantitative estimate of drug-likeness (QED) is 0.903. The number of para-hydroxylation sites is 1. The molecule has 1 N–H and O–H groups in total. The summed E-state index contributed by atoms with van der Waals surface area (Å²) in [4.78, 5) is 2.33. The average Bonchev–Trinajstić information content (AvgIpc) is 2.88. The lowest BCUT2D eigenvalue weighted by Crippen LogP contribution is -2.47. The van der Waals surface area contributed by atoms with Crippen molar-refractivity contribution in [2.45, 2.75) is 13.0 Å². The molecule has 118 valence electrons. The van der Waals surface area contributed by atoms with E-state index in [0.29, 0.717) is 13.1 Å². The van der Waals surface area contributed by atoms with Gasteiger partial charge in [-0.1, -0.05) is 18.2 Å². The molecule has 0 bridgehead atoms. The topological polar surface area (TPSA) is 52.7 Å². The van der Waals surface area contributed by atoms with Crippen molar-refractivity contribution in [2.24, 2.45) is 0 Å². The molecule has 1 aromatic rings. The third kappa shape index (κ3) is 3.69. The lowest BCUT2D eigenvalue weighted by molar-refractivity contribution is 0.182. The predicted molar refractivity (Wildman–Crippen MR) is 87.6 cm³/mol. The molecule has 7 heteroatoms. The van der Waals surface area contributed by atoms with E-state index in [1.807, 2.05) is 0 Å². The van der Waals surface area contributed by atoms with E-state index in [4.69, 9.17) is 0 Å². The number of piperazine rings is 1. The zero-order valence-electron chi connectivity index (χ0n) is 12.2. The molecule has 0 aliphatic carbocycles. The van der Waals surface area contributed by atoms with Gasteiger partial charge in [0.25, 0.3) is 0 Å². The second kappa shape index (κ2) is 6.52. The summed E-state index contributed by atoms with van der Waals surface area (Å²) < 4.78 is 24.6. The lowest BCUT2D eigenvalue weighted by Gasteiger charge is -2.33. The van der Waals surface area contributed by atoms with Gasteiger partial charge in [0, 0.05) is 45.0 Å². The van der Waals surface area contributed by atoms with E-state index in [1.165, 1.54) is 23.1 Å². The van der Waals surface area contributed by atoms with Crippen LogP contribution in [0.4, 0.5) is 5.69 Å². The van der Waals surface area contributed by atoms with Crippen LogP contribution in [0, 0.1) is 0 Å². The fourth-order valence-electron chi connectivity index (χ4n) is 3.00. The summed E-state index contributed by atoms with van der Waals surface area (Å²) in [5, 5.41) is 3.46. The average molecular weight is 332 g/mol. The Balaban J connectivity index is 0.00000161. The number of benzene rings is 1. The van der Waals surface area contributed by atoms with Crippen molar-refractivity contribution < 1.29 is 8.42 Å². The molecule has 1 fully saturated rings.